The molecule has 1 aliphatic rings. The lowest BCUT2D eigenvalue weighted by Crippen LogP contribution is -2.20. The van der Waals surface area contributed by atoms with Crippen molar-refractivity contribution in [2.24, 2.45) is 0 Å². The van der Waals surface area contributed by atoms with E-state index in [0.717, 1.165) is 6.54 Å². The molecule has 2 rings (SSSR count). The van der Waals surface area contributed by atoms with Gasteiger partial charge in [-0.2, -0.15) is 11.8 Å². The van der Waals surface area contributed by atoms with E-state index < -0.39 is 5.97 Å². The number of hydrogen-bond acceptors (Lipinski definition) is 7. The SMILES string of the molecule is CCOC(=O)c1nc(NCC2CCCCS2)sc1C(C)=O. The summed E-state index contributed by atoms with van der Waals surface area (Å²) in [5, 5.41) is 4.45. The first-order chi connectivity index (χ1) is 10.1. The fourth-order valence-electron chi connectivity index (χ4n) is 2.14. The Balaban J connectivity index is 2.04. The number of thioether (sulfide) groups is 1. The average Bonchev–Trinajstić information content (AvgIpc) is 2.91. The second-order valence-electron chi connectivity index (χ2n) is 4.84. The van der Waals surface area contributed by atoms with E-state index >= 15 is 0 Å². The van der Waals surface area contributed by atoms with Crippen LogP contribution in [-0.2, 0) is 4.74 Å². The van der Waals surface area contributed by atoms with Gasteiger partial charge in [-0.15, -0.1) is 0 Å². The molecule has 1 atom stereocenters. The number of ketones is 1. The molecule has 5 nitrogen and oxygen atoms in total. The van der Waals surface area contributed by atoms with Gasteiger partial charge >= 0.3 is 5.97 Å². The van der Waals surface area contributed by atoms with Crippen molar-refractivity contribution in [2.75, 3.05) is 24.2 Å². The number of carbonyl (C=O) groups excluding carboxylic acids is 2. The number of aromatic nitrogens is 1. The highest BCUT2D eigenvalue weighted by molar-refractivity contribution is 7.99. The van der Waals surface area contributed by atoms with E-state index in [-0.39, 0.29) is 18.1 Å². The Morgan fingerprint density at radius 2 is 2.24 bits per heavy atom. The minimum Gasteiger partial charge on any atom is -0.461 e. The van der Waals surface area contributed by atoms with Crippen LogP contribution < -0.4 is 5.32 Å². The number of esters is 1. The maximum atomic E-state index is 11.8. The Kier molecular flexibility index (Phi) is 6.05. The van der Waals surface area contributed by atoms with Gasteiger partial charge in [-0.1, -0.05) is 17.8 Å². The van der Waals surface area contributed by atoms with Crippen LogP contribution in [0.5, 0.6) is 0 Å². The van der Waals surface area contributed by atoms with Gasteiger partial charge in [-0.25, -0.2) is 9.78 Å². The van der Waals surface area contributed by atoms with Gasteiger partial charge in [0.05, 0.1) is 6.61 Å². The van der Waals surface area contributed by atoms with E-state index in [1.807, 2.05) is 11.8 Å². The largest absolute Gasteiger partial charge is 0.461 e. The summed E-state index contributed by atoms with van der Waals surface area (Å²) in [7, 11) is 0. The van der Waals surface area contributed by atoms with Gasteiger partial charge in [0.15, 0.2) is 16.6 Å². The summed E-state index contributed by atoms with van der Waals surface area (Å²) in [6, 6.07) is 0. The quantitative estimate of drug-likeness (QED) is 0.639. The third-order valence-electron chi connectivity index (χ3n) is 3.17. The number of anilines is 1. The maximum absolute atomic E-state index is 11.8. The number of nitrogens with one attached hydrogen (secondary N) is 1. The second kappa shape index (κ2) is 7.79. The molecule has 0 aromatic carbocycles. The first-order valence-electron chi connectivity index (χ1n) is 7.16. The number of nitrogens with zero attached hydrogens (tertiary/aromatic N) is 1. The van der Waals surface area contributed by atoms with Crippen molar-refractivity contribution < 1.29 is 14.3 Å². The molecular formula is C14H20N2O3S2. The van der Waals surface area contributed by atoms with Gasteiger partial charge in [0, 0.05) is 18.7 Å². The van der Waals surface area contributed by atoms with Gasteiger partial charge < -0.3 is 10.1 Å². The third kappa shape index (κ3) is 4.44. The summed E-state index contributed by atoms with van der Waals surface area (Å²) in [6.45, 7) is 4.27. The molecule has 21 heavy (non-hydrogen) atoms. The van der Waals surface area contributed by atoms with Gasteiger partial charge in [0.2, 0.25) is 0 Å². The minimum absolute atomic E-state index is 0.133. The summed E-state index contributed by atoms with van der Waals surface area (Å²) < 4.78 is 4.95. The molecule has 1 unspecified atom stereocenters. The predicted octanol–water partition coefficient (Wildman–Crippen LogP) is 3.22. The van der Waals surface area contributed by atoms with E-state index in [9.17, 15) is 9.59 Å². The maximum Gasteiger partial charge on any atom is 0.358 e. The highest BCUT2D eigenvalue weighted by atomic mass is 32.2. The zero-order chi connectivity index (χ0) is 15.2. The summed E-state index contributed by atoms with van der Waals surface area (Å²) in [5.41, 5.74) is 0.133. The third-order valence-corrected chi connectivity index (χ3v) is 5.68. The topological polar surface area (TPSA) is 68.3 Å². The standard InChI is InChI=1S/C14H20N2O3S2/c1-3-19-13(18)11-12(9(2)17)21-14(16-11)15-8-10-6-4-5-7-20-10/h10H,3-8H2,1-2H3,(H,15,16). The Labute approximate surface area is 132 Å². The normalized spacial score (nSPS) is 18.3. The number of thiazole rings is 1. The lowest BCUT2D eigenvalue weighted by atomic mass is 10.2. The summed E-state index contributed by atoms with van der Waals surface area (Å²) in [6.07, 6.45) is 3.76. The van der Waals surface area contributed by atoms with Crippen LogP contribution in [0.25, 0.3) is 0 Å². The highest BCUT2D eigenvalue weighted by Crippen LogP contribution is 2.28. The number of carbonyl (C=O) groups is 2. The van der Waals surface area contributed by atoms with Crippen molar-refractivity contribution in [3.8, 4) is 0 Å². The van der Waals surface area contributed by atoms with Gasteiger partial charge in [-0.05, 0) is 25.5 Å². The lowest BCUT2D eigenvalue weighted by Gasteiger charge is -2.21. The molecule has 0 spiro atoms. The fourth-order valence-corrected chi connectivity index (χ4v) is 4.24. The molecule has 1 fully saturated rings. The Hall–Kier alpha value is -1.08. The van der Waals surface area contributed by atoms with Gasteiger partial charge in [0.25, 0.3) is 0 Å². The molecule has 1 N–H and O–H groups in total. The Morgan fingerprint density at radius 1 is 1.43 bits per heavy atom. The van der Waals surface area contributed by atoms with Crippen LogP contribution in [0.15, 0.2) is 0 Å². The van der Waals surface area contributed by atoms with Crippen molar-refractivity contribution in [1.29, 1.82) is 0 Å². The van der Waals surface area contributed by atoms with E-state index in [1.54, 1.807) is 6.92 Å². The number of ether oxygens (including phenoxy) is 1. The van der Waals surface area contributed by atoms with Crippen LogP contribution >= 0.6 is 23.1 Å². The van der Waals surface area contributed by atoms with Crippen LogP contribution in [0, 0.1) is 0 Å². The molecule has 1 aliphatic heterocycles. The second-order valence-corrected chi connectivity index (χ2v) is 7.25. The molecule has 116 valence electrons. The minimum atomic E-state index is -0.529. The molecule has 2 heterocycles. The monoisotopic (exact) mass is 328 g/mol. The van der Waals surface area contributed by atoms with E-state index in [0.29, 0.717) is 15.3 Å². The van der Waals surface area contributed by atoms with Crippen LogP contribution in [0.3, 0.4) is 0 Å². The van der Waals surface area contributed by atoms with Gasteiger partial charge in [-0.3, -0.25) is 4.79 Å². The molecule has 1 aromatic rings. The van der Waals surface area contributed by atoms with Crippen molar-refractivity contribution in [3.63, 3.8) is 0 Å². The van der Waals surface area contributed by atoms with E-state index in [4.69, 9.17) is 4.74 Å². The number of rotatable bonds is 6. The smallest absolute Gasteiger partial charge is 0.358 e. The molecule has 0 bridgehead atoms. The molecular weight excluding hydrogens is 308 g/mol. The molecule has 0 radical (unpaired) electrons. The van der Waals surface area contributed by atoms with Crippen LogP contribution in [0.2, 0.25) is 0 Å². The fraction of sp³-hybridized carbons (Fsp3) is 0.643. The molecule has 1 aromatic heterocycles. The van der Waals surface area contributed by atoms with Crippen LogP contribution in [0.4, 0.5) is 5.13 Å². The molecule has 0 amide bonds. The molecule has 1 saturated heterocycles. The molecule has 0 saturated carbocycles. The summed E-state index contributed by atoms with van der Waals surface area (Å²) >= 11 is 3.20. The first-order valence-corrected chi connectivity index (χ1v) is 9.02. The summed E-state index contributed by atoms with van der Waals surface area (Å²) in [4.78, 5) is 28.1. The first kappa shape index (κ1) is 16.3. The van der Waals surface area contributed by atoms with Crippen molar-refractivity contribution in [2.45, 2.75) is 38.4 Å². The molecule has 7 heteroatoms. The number of hydrogen-bond donors (Lipinski definition) is 1. The zero-order valence-electron chi connectivity index (χ0n) is 12.3. The lowest BCUT2D eigenvalue weighted by molar-refractivity contribution is 0.0517. The Bertz CT molecular complexity index is 510. The molecule has 0 aliphatic carbocycles. The van der Waals surface area contributed by atoms with E-state index in [2.05, 4.69) is 10.3 Å². The average molecular weight is 328 g/mol. The van der Waals surface area contributed by atoms with Gasteiger partial charge in [0.1, 0.15) is 4.88 Å². The predicted molar refractivity (Wildman–Crippen MR) is 86.7 cm³/mol. The van der Waals surface area contributed by atoms with Crippen molar-refractivity contribution >= 4 is 40.0 Å². The van der Waals surface area contributed by atoms with Crippen LogP contribution in [0.1, 0.15) is 53.3 Å². The van der Waals surface area contributed by atoms with E-state index in [1.165, 1.54) is 43.3 Å². The van der Waals surface area contributed by atoms with Crippen LogP contribution in [-0.4, -0.2) is 40.9 Å². The summed E-state index contributed by atoms with van der Waals surface area (Å²) in [5.74, 6) is 0.520. The van der Waals surface area contributed by atoms with Crippen molar-refractivity contribution in [1.82, 2.24) is 4.98 Å². The van der Waals surface area contributed by atoms with Crippen molar-refractivity contribution in [3.05, 3.63) is 10.6 Å². The zero-order valence-corrected chi connectivity index (χ0v) is 13.9. The Morgan fingerprint density at radius 3 is 2.86 bits per heavy atom. The highest BCUT2D eigenvalue weighted by Gasteiger charge is 2.23. The number of Topliss-reactive ketones (excluding diaryl/α,β-unsaturated/α-hetero) is 1.